The van der Waals surface area contributed by atoms with Crippen molar-refractivity contribution in [2.24, 2.45) is 0 Å². The summed E-state index contributed by atoms with van der Waals surface area (Å²) in [6, 6.07) is 14.4. The lowest BCUT2D eigenvalue weighted by Gasteiger charge is -2.29. The molecule has 0 heterocycles. The fourth-order valence-corrected chi connectivity index (χ4v) is 3.19. The van der Waals surface area contributed by atoms with Gasteiger partial charge in [-0.15, -0.1) is 0 Å². The first kappa shape index (κ1) is 21.8. The molecule has 152 valence electrons. The molecular weight excluding hydrogens is 376 g/mol. The minimum atomic E-state index is -3.60. The minimum Gasteiger partial charge on any atom is -0.383 e. The van der Waals surface area contributed by atoms with E-state index in [0.29, 0.717) is 6.54 Å². The number of rotatable bonds is 8. The fourth-order valence-electron chi connectivity index (χ4n) is 2.73. The lowest BCUT2D eigenvalue weighted by molar-refractivity contribution is 0.187. The second kappa shape index (κ2) is 9.59. The van der Waals surface area contributed by atoms with Crippen molar-refractivity contribution in [3.63, 3.8) is 0 Å². The third-order valence-electron chi connectivity index (χ3n) is 4.50. The number of carbonyl (C=O) groups excluding carboxylic acids is 1. The van der Waals surface area contributed by atoms with Crippen LogP contribution in [0.3, 0.4) is 0 Å². The van der Waals surface area contributed by atoms with Crippen LogP contribution in [0.25, 0.3) is 0 Å². The topological polar surface area (TPSA) is 75.7 Å². The average molecular weight is 405 g/mol. The number of anilines is 1. The molecule has 2 aromatic rings. The number of urea groups is 1. The number of benzene rings is 2. The fraction of sp³-hybridized carbons (Fsp3) is 0.381. The highest BCUT2D eigenvalue weighted by molar-refractivity contribution is 7.86. The summed E-state index contributed by atoms with van der Waals surface area (Å²) in [5, 5.41) is 2.94. The summed E-state index contributed by atoms with van der Waals surface area (Å²) >= 11 is 0. The van der Waals surface area contributed by atoms with Crippen LogP contribution in [-0.4, -0.2) is 31.6 Å². The van der Waals surface area contributed by atoms with Crippen molar-refractivity contribution >= 4 is 21.8 Å². The van der Waals surface area contributed by atoms with Gasteiger partial charge in [0.2, 0.25) is 0 Å². The Morgan fingerprint density at radius 2 is 1.79 bits per heavy atom. The lowest BCUT2D eigenvalue weighted by Crippen LogP contribution is -2.40. The van der Waals surface area contributed by atoms with Crippen molar-refractivity contribution in [2.45, 2.75) is 46.2 Å². The molecule has 0 aliphatic heterocycles. The quantitative estimate of drug-likeness (QED) is 0.661. The molecule has 0 unspecified atom stereocenters. The van der Waals surface area contributed by atoms with Crippen LogP contribution in [0.1, 0.15) is 38.3 Å². The smallest absolute Gasteiger partial charge is 0.322 e. The monoisotopic (exact) mass is 404 g/mol. The second-order valence-corrected chi connectivity index (χ2v) is 8.38. The zero-order valence-corrected chi connectivity index (χ0v) is 17.6. The predicted octanol–water partition coefficient (Wildman–Crippen LogP) is 4.42. The Labute approximate surface area is 167 Å². The van der Waals surface area contributed by atoms with E-state index >= 15 is 0 Å². The molecule has 0 spiro atoms. The first-order chi connectivity index (χ1) is 13.2. The van der Waals surface area contributed by atoms with E-state index < -0.39 is 10.1 Å². The molecule has 0 bridgehead atoms. The van der Waals surface area contributed by atoms with Gasteiger partial charge in [0.25, 0.3) is 0 Å². The summed E-state index contributed by atoms with van der Waals surface area (Å²) in [6.07, 6.45) is 2.74. The van der Waals surface area contributed by atoms with Gasteiger partial charge >= 0.3 is 16.1 Å². The Hall–Kier alpha value is -2.54. The maximum Gasteiger partial charge on any atom is 0.322 e. The Bertz CT molecular complexity index is 895. The summed E-state index contributed by atoms with van der Waals surface area (Å²) in [4.78, 5) is 14.6. The van der Waals surface area contributed by atoms with Crippen molar-refractivity contribution in [3.8, 4) is 5.75 Å². The van der Waals surface area contributed by atoms with Gasteiger partial charge in [0.1, 0.15) is 5.75 Å². The van der Waals surface area contributed by atoms with Gasteiger partial charge in [-0.1, -0.05) is 38.1 Å². The number of aryl methyl sites for hydroxylation is 1. The van der Waals surface area contributed by atoms with Crippen molar-refractivity contribution < 1.29 is 17.4 Å². The van der Waals surface area contributed by atoms with Gasteiger partial charge in [0, 0.05) is 18.3 Å². The van der Waals surface area contributed by atoms with E-state index in [2.05, 4.69) is 12.2 Å². The summed E-state index contributed by atoms with van der Waals surface area (Å²) in [7, 11) is -3.60. The van der Waals surface area contributed by atoms with Crippen LogP contribution < -0.4 is 9.50 Å². The standard InChI is InChI=1S/C21H28N2O4S/c1-5-16(3)23(21(24)22-19-12-10-17(6-2)11-13-19)15-18-8-7-9-20(14-18)27-28(4,25)26/h7-14,16H,5-6,15H2,1-4H3,(H,22,24)/t16-/m1/s1. The third kappa shape index (κ3) is 6.56. The minimum absolute atomic E-state index is 0.00870. The molecule has 0 aliphatic carbocycles. The molecule has 2 rings (SSSR count). The van der Waals surface area contributed by atoms with E-state index in [9.17, 15) is 13.2 Å². The molecule has 0 saturated carbocycles. The van der Waals surface area contributed by atoms with Gasteiger partial charge in [-0.25, -0.2) is 4.79 Å². The van der Waals surface area contributed by atoms with E-state index in [-0.39, 0.29) is 17.8 Å². The Morgan fingerprint density at radius 1 is 1.11 bits per heavy atom. The first-order valence-electron chi connectivity index (χ1n) is 9.36. The van der Waals surface area contributed by atoms with Crippen LogP contribution in [0.2, 0.25) is 0 Å². The van der Waals surface area contributed by atoms with Crippen molar-refractivity contribution in [3.05, 3.63) is 59.7 Å². The molecule has 0 radical (unpaired) electrons. The molecule has 2 amide bonds. The summed E-state index contributed by atoms with van der Waals surface area (Å²) in [6.45, 7) is 6.43. The van der Waals surface area contributed by atoms with Crippen LogP contribution in [0.5, 0.6) is 5.75 Å². The number of hydrogen-bond donors (Lipinski definition) is 1. The molecule has 2 aromatic carbocycles. The molecular formula is C21H28N2O4S. The van der Waals surface area contributed by atoms with Crippen LogP contribution >= 0.6 is 0 Å². The van der Waals surface area contributed by atoms with Crippen molar-refractivity contribution in [2.75, 3.05) is 11.6 Å². The summed E-state index contributed by atoms with van der Waals surface area (Å²) in [5.74, 6) is 0.236. The SMILES string of the molecule is CCc1ccc(NC(=O)N(Cc2cccc(OS(C)(=O)=O)c2)[C@H](C)CC)cc1. The molecule has 0 saturated heterocycles. The molecule has 1 atom stereocenters. The molecule has 0 aliphatic rings. The Kier molecular flexibility index (Phi) is 7.45. The molecule has 0 fully saturated rings. The third-order valence-corrected chi connectivity index (χ3v) is 4.99. The van der Waals surface area contributed by atoms with E-state index in [1.165, 1.54) is 5.56 Å². The molecule has 1 N–H and O–H groups in total. The number of hydrogen-bond acceptors (Lipinski definition) is 4. The second-order valence-electron chi connectivity index (χ2n) is 6.80. The van der Waals surface area contributed by atoms with Gasteiger partial charge in [0.15, 0.2) is 0 Å². The van der Waals surface area contributed by atoms with E-state index in [1.54, 1.807) is 23.1 Å². The number of amides is 2. The largest absolute Gasteiger partial charge is 0.383 e. The predicted molar refractivity (Wildman–Crippen MR) is 112 cm³/mol. The van der Waals surface area contributed by atoms with Crippen LogP contribution in [0.15, 0.2) is 48.5 Å². The Balaban J connectivity index is 2.16. The Morgan fingerprint density at radius 3 is 2.36 bits per heavy atom. The highest BCUT2D eigenvalue weighted by Gasteiger charge is 2.20. The van der Waals surface area contributed by atoms with E-state index in [4.69, 9.17) is 4.18 Å². The molecule has 7 heteroatoms. The van der Waals surface area contributed by atoms with Crippen LogP contribution in [0, 0.1) is 0 Å². The highest BCUT2D eigenvalue weighted by atomic mass is 32.2. The number of nitrogens with zero attached hydrogens (tertiary/aromatic N) is 1. The van der Waals surface area contributed by atoms with Crippen molar-refractivity contribution in [1.29, 1.82) is 0 Å². The number of carbonyl (C=O) groups is 1. The van der Waals surface area contributed by atoms with Gasteiger partial charge in [-0.3, -0.25) is 0 Å². The zero-order chi connectivity index (χ0) is 20.7. The van der Waals surface area contributed by atoms with Gasteiger partial charge in [-0.2, -0.15) is 8.42 Å². The molecule has 28 heavy (non-hydrogen) atoms. The number of nitrogens with one attached hydrogen (secondary N) is 1. The lowest BCUT2D eigenvalue weighted by atomic mass is 10.1. The first-order valence-corrected chi connectivity index (χ1v) is 11.2. The van der Waals surface area contributed by atoms with Crippen LogP contribution in [0.4, 0.5) is 10.5 Å². The van der Waals surface area contributed by atoms with E-state index in [0.717, 1.165) is 30.3 Å². The maximum absolute atomic E-state index is 12.9. The van der Waals surface area contributed by atoms with Gasteiger partial charge in [0.05, 0.1) is 6.26 Å². The highest BCUT2D eigenvalue weighted by Crippen LogP contribution is 2.19. The zero-order valence-electron chi connectivity index (χ0n) is 16.8. The van der Waals surface area contributed by atoms with Gasteiger partial charge in [-0.05, 0) is 55.2 Å². The summed E-state index contributed by atoms with van der Waals surface area (Å²) < 4.78 is 27.6. The molecule has 0 aromatic heterocycles. The normalized spacial score (nSPS) is 12.3. The molecule has 6 nitrogen and oxygen atoms in total. The van der Waals surface area contributed by atoms with Crippen LogP contribution in [-0.2, 0) is 23.1 Å². The maximum atomic E-state index is 12.9. The van der Waals surface area contributed by atoms with Crippen molar-refractivity contribution in [1.82, 2.24) is 4.90 Å². The van der Waals surface area contributed by atoms with Gasteiger partial charge < -0.3 is 14.4 Å². The summed E-state index contributed by atoms with van der Waals surface area (Å²) in [5.41, 5.74) is 2.74. The van der Waals surface area contributed by atoms with E-state index in [1.807, 2.05) is 44.2 Å². The average Bonchev–Trinajstić information content (AvgIpc) is 2.65.